The molecule has 0 saturated carbocycles. The fourth-order valence-corrected chi connectivity index (χ4v) is 2.93. The number of carbonyl (C=O) groups excluding carboxylic acids is 2. The first kappa shape index (κ1) is 18.9. The molecule has 3 N–H and O–H groups in total. The number of nitrogens with one attached hydrogen (secondary N) is 1. The van der Waals surface area contributed by atoms with E-state index in [2.05, 4.69) is 24.1 Å². The van der Waals surface area contributed by atoms with E-state index in [-0.39, 0.29) is 30.3 Å². The Kier molecular flexibility index (Phi) is 7.29. The SMILES string of the molecule is CCN1CCC(N(C)C(=O)CNC(=O)[C@@H](N)C(C)C)CC1C. The number of likely N-dealkylation sites (tertiary alicyclic amines) is 1. The van der Waals surface area contributed by atoms with Crippen LogP contribution in [0, 0.1) is 5.92 Å². The molecule has 0 aromatic rings. The van der Waals surface area contributed by atoms with Crippen molar-refractivity contribution in [2.24, 2.45) is 11.7 Å². The minimum Gasteiger partial charge on any atom is -0.346 e. The van der Waals surface area contributed by atoms with Crippen molar-refractivity contribution >= 4 is 11.8 Å². The predicted molar refractivity (Wildman–Crippen MR) is 88.3 cm³/mol. The van der Waals surface area contributed by atoms with Gasteiger partial charge in [-0.05, 0) is 32.2 Å². The van der Waals surface area contributed by atoms with E-state index in [9.17, 15) is 9.59 Å². The molecule has 1 aliphatic rings. The number of nitrogens with two attached hydrogens (primary N) is 1. The summed E-state index contributed by atoms with van der Waals surface area (Å²) in [5, 5.41) is 2.65. The van der Waals surface area contributed by atoms with Gasteiger partial charge in [0, 0.05) is 25.7 Å². The summed E-state index contributed by atoms with van der Waals surface area (Å²) >= 11 is 0. The van der Waals surface area contributed by atoms with Crippen molar-refractivity contribution < 1.29 is 9.59 Å². The van der Waals surface area contributed by atoms with Crippen LogP contribution in [-0.4, -0.2) is 66.4 Å². The lowest BCUT2D eigenvalue weighted by Crippen LogP contribution is -2.52. The van der Waals surface area contributed by atoms with Crippen LogP contribution in [0.3, 0.4) is 0 Å². The van der Waals surface area contributed by atoms with Gasteiger partial charge in [0.1, 0.15) is 0 Å². The van der Waals surface area contributed by atoms with Crippen molar-refractivity contribution in [3.05, 3.63) is 0 Å². The van der Waals surface area contributed by atoms with Gasteiger partial charge < -0.3 is 20.9 Å². The largest absolute Gasteiger partial charge is 0.346 e. The summed E-state index contributed by atoms with van der Waals surface area (Å²) in [5.41, 5.74) is 5.77. The van der Waals surface area contributed by atoms with E-state index < -0.39 is 6.04 Å². The fraction of sp³-hybridized carbons (Fsp3) is 0.875. The number of nitrogens with zero attached hydrogens (tertiary/aromatic N) is 2. The van der Waals surface area contributed by atoms with Crippen molar-refractivity contribution in [2.75, 3.05) is 26.7 Å². The maximum Gasteiger partial charge on any atom is 0.241 e. The second-order valence-corrected chi connectivity index (χ2v) is 6.65. The van der Waals surface area contributed by atoms with Gasteiger partial charge in [-0.3, -0.25) is 9.59 Å². The van der Waals surface area contributed by atoms with E-state index in [1.165, 1.54) is 0 Å². The zero-order chi connectivity index (χ0) is 16.9. The summed E-state index contributed by atoms with van der Waals surface area (Å²) in [5.74, 6) is -0.246. The van der Waals surface area contributed by atoms with E-state index in [4.69, 9.17) is 5.73 Å². The first-order valence-corrected chi connectivity index (χ1v) is 8.30. The third-order valence-corrected chi connectivity index (χ3v) is 4.77. The van der Waals surface area contributed by atoms with Gasteiger partial charge >= 0.3 is 0 Å². The normalized spacial score (nSPS) is 24.1. The Hall–Kier alpha value is -1.14. The van der Waals surface area contributed by atoms with Gasteiger partial charge in [-0.1, -0.05) is 20.8 Å². The Morgan fingerprint density at radius 3 is 2.55 bits per heavy atom. The molecule has 1 heterocycles. The molecule has 2 unspecified atom stereocenters. The minimum absolute atomic E-state index is 0.0259. The second kappa shape index (κ2) is 8.48. The van der Waals surface area contributed by atoms with Gasteiger partial charge in [0.25, 0.3) is 0 Å². The van der Waals surface area contributed by atoms with E-state index >= 15 is 0 Å². The molecule has 6 nitrogen and oxygen atoms in total. The molecule has 3 atom stereocenters. The molecule has 6 heteroatoms. The number of carbonyl (C=O) groups is 2. The number of hydrogen-bond donors (Lipinski definition) is 2. The number of amides is 2. The Bertz CT molecular complexity index is 386. The summed E-state index contributed by atoms with van der Waals surface area (Å²) in [6.45, 7) is 10.2. The highest BCUT2D eigenvalue weighted by Gasteiger charge is 2.29. The highest BCUT2D eigenvalue weighted by molar-refractivity contribution is 5.87. The minimum atomic E-state index is -0.564. The fourth-order valence-electron chi connectivity index (χ4n) is 2.93. The Balaban J connectivity index is 2.44. The third kappa shape index (κ3) is 4.95. The monoisotopic (exact) mass is 312 g/mol. The summed E-state index contributed by atoms with van der Waals surface area (Å²) in [6.07, 6.45) is 1.97. The topological polar surface area (TPSA) is 78.7 Å². The van der Waals surface area contributed by atoms with Crippen LogP contribution in [0.4, 0.5) is 0 Å². The molecule has 128 valence electrons. The van der Waals surface area contributed by atoms with Crippen molar-refractivity contribution in [1.82, 2.24) is 15.1 Å². The molecule has 1 rings (SSSR count). The lowest BCUT2D eigenvalue weighted by Gasteiger charge is -2.40. The molecule has 22 heavy (non-hydrogen) atoms. The highest BCUT2D eigenvalue weighted by atomic mass is 16.2. The van der Waals surface area contributed by atoms with Crippen LogP contribution in [0.5, 0.6) is 0 Å². The highest BCUT2D eigenvalue weighted by Crippen LogP contribution is 2.20. The van der Waals surface area contributed by atoms with Gasteiger partial charge in [0.05, 0.1) is 12.6 Å². The molecule has 1 fully saturated rings. The zero-order valence-corrected chi connectivity index (χ0v) is 14.6. The Morgan fingerprint density at radius 2 is 2.05 bits per heavy atom. The van der Waals surface area contributed by atoms with Gasteiger partial charge in [-0.2, -0.15) is 0 Å². The quantitative estimate of drug-likeness (QED) is 0.745. The van der Waals surface area contributed by atoms with Crippen LogP contribution in [0.15, 0.2) is 0 Å². The molecule has 1 saturated heterocycles. The summed E-state index contributed by atoms with van der Waals surface area (Å²) in [4.78, 5) is 28.3. The molecule has 2 amide bonds. The van der Waals surface area contributed by atoms with Crippen LogP contribution in [0.1, 0.15) is 40.5 Å². The Morgan fingerprint density at radius 1 is 1.41 bits per heavy atom. The molecule has 0 aromatic carbocycles. The predicted octanol–water partition coefficient (Wildman–Crippen LogP) is 0.417. The van der Waals surface area contributed by atoms with Crippen molar-refractivity contribution in [2.45, 2.75) is 58.7 Å². The third-order valence-electron chi connectivity index (χ3n) is 4.77. The van der Waals surface area contributed by atoms with Crippen molar-refractivity contribution in [1.29, 1.82) is 0 Å². The molecule has 0 spiro atoms. The average molecular weight is 312 g/mol. The molecular weight excluding hydrogens is 280 g/mol. The zero-order valence-electron chi connectivity index (χ0n) is 14.6. The molecule has 0 bridgehead atoms. The number of likely N-dealkylation sites (N-methyl/N-ethyl adjacent to an activating group) is 1. The molecular formula is C16H32N4O2. The van der Waals surface area contributed by atoms with E-state index in [1.807, 2.05) is 20.9 Å². The lowest BCUT2D eigenvalue weighted by molar-refractivity contribution is -0.135. The van der Waals surface area contributed by atoms with Crippen LogP contribution < -0.4 is 11.1 Å². The summed E-state index contributed by atoms with van der Waals surface area (Å²) in [6, 6.07) is 0.176. The van der Waals surface area contributed by atoms with Crippen LogP contribution in [0.2, 0.25) is 0 Å². The van der Waals surface area contributed by atoms with Crippen LogP contribution >= 0.6 is 0 Å². The van der Waals surface area contributed by atoms with E-state index in [1.54, 1.807) is 4.90 Å². The van der Waals surface area contributed by atoms with Crippen LogP contribution in [-0.2, 0) is 9.59 Å². The smallest absolute Gasteiger partial charge is 0.241 e. The van der Waals surface area contributed by atoms with Crippen molar-refractivity contribution in [3.8, 4) is 0 Å². The first-order valence-electron chi connectivity index (χ1n) is 8.30. The van der Waals surface area contributed by atoms with Gasteiger partial charge in [-0.15, -0.1) is 0 Å². The van der Waals surface area contributed by atoms with Gasteiger partial charge in [0.2, 0.25) is 11.8 Å². The van der Waals surface area contributed by atoms with E-state index in [0.717, 1.165) is 25.9 Å². The summed E-state index contributed by atoms with van der Waals surface area (Å²) < 4.78 is 0. The maximum atomic E-state index is 12.3. The molecule has 0 aliphatic carbocycles. The summed E-state index contributed by atoms with van der Waals surface area (Å²) in [7, 11) is 1.83. The standard InChI is InChI=1S/C16H32N4O2/c1-6-20-8-7-13(9-12(20)4)19(5)14(21)10-18-16(22)15(17)11(2)3/h11-13,15H,6-10,17H2,1-5H3,(H,18,22)/t12?,13?,15-/m0/s1. The lowest BCUT2D eigenvalue weighted by atomic mass is 9.97. The number of piperidine rings is 1. The molecule has 1 aliphatic heterocycles. The van der Waals surface area contributed by atoms with Crippen molar-refractivity contribution in [3.63, 3.8) is 0 Å². The maximum absolute atomic E-state index is 12.3. The molecule has 0 radical (unpaired) electrons. The van der Waals surface area contributed by atoms with E-state index in [0.29, 0.717) is 6.04 Å². The average Bonchev–Trinajstić information content (AvgIpc) is 2.50. The molecule has 0 aromatic heterocycles. The Labute approximate surface area is 134 Å². The number of rotatable bonds is 6. The van der Waals surface area contributed by atoms with Crippen LogP contribution in [0.25, 0.3) is 0 Å². The van der Waals surface area contributed by atoms with Gasteiger partial charge in [-0.25, -0.2) is 0 Å². The van der Waals surface area contributed by atoms with Gasteiger partial charge in [0.15, 0.2) is 0 Å². The second-order valence-electron chi connectivity index (χ2n) is 6.65. The first-order chi connectivity index (χ1) is 10.3. The number of hydrogen-bond acceptors (Lipinski definition) is 4.